The van der Waals surface area contributed by atoms with Crippen LogP contribution in [-0.2, 0) is 4.79 Å². The highest BCUT2D eigenvalue weighted by atomic mass is 16.4. The summed E-state index contributed by atoms with van der Waals surface area (Å²) in [5.74, 6) is -1.19. The fraction of sp³-hybridized carbons (Fsp3) is 0.846. The number of urea groups is 1. The van der Waals surface area contributed by atoms with Crippen molar-refractivity contribution >= 4 is 12.0 Å². The van der Waals surface area contributed by atoms with E-state index >= 15 is 0 Å². The van der Waals surface area contributed by atoms with Gasteiger partial charge in [0.15, 0.2) is 0 Å². The van der Waals surface area contributed by atoms with Gasteiger partial charge >= 0.3 is 12.0 Å². The Morgan fingerprint density at radius 1 is 1.16 bits per heavy atom. The molecule has 3 aliphatic heterocycles. The number of carboxylic acids is 1. The molecule has 3 rings (SSSR count). The van der Waals surface area contributed by atoms with Crippen LogP contribution in [0.15, 0.2) is 0 Å². The molecule has 2 bridgehead atoms. The number of carboxylic acid groups (broad SMARTS) is 1. The largest absolute Gasteiger partial charge is 0.481 e. The minimum absolute atomic E-state index is 0.0741. The summed E-state index contributed by atoms with van der Waals surface area (Å²) in [4.78, 5) is 27.2. The first-order valence-corrected chi connectivity index (χ1v) is 7.06. The van der Waals surface area contributed by atoms with Crippen LogP contribution in [0.4, 0.5) is 4.79 Å². The molecule has 106 valence electrons. The molecule has 0 aromatic rings. The molecule has 0 aromatic heterocycles. The van der Waals surface area contributed by atoms with Crippen molar-refractivity contribution in [2.75, 3.05) is 13.1 Å². The number of carbonyl (C=O) groups excluding carboxylic acids is 1. The van der Waals surface area contributed by atoms with Crippen molar-refractivity contribution < 1.29 is 19.8 Å². The first kappa shape index (κ1) is 12.7. The van der Waals surface area contributed by atoms with Crippen LogP contribution in [0.3, 0.4) is 0 Å². The Morgan fingerprint density at radius 3 is 2.58 bits per heavy atom. The molecule has 4 atom stereocenters. The third-order valence-corrected chi connectivity index (χ3v) is 4.74. The molecule has 0 saturated carbocycles. The normalized spacial score (nSPS) is 37.7. The Kier molecular flexibility index (Phi) is 3.12. The van der Waals surface area contributed by atoms with E-state index in [9.17, 15) is 19.8 Å². The molecular weight excluding hydrogens is 248 g/mol. The van der Waals surface area contributed by atoms with E-state index in [-0.39, 0.29) is 18.1 Å². The van der Waals surface area contributed by atoms with Gasteiger partial charge in [0.05, 0.1) is 12.0 Å². The van der Waals surface area contributed by atoms with Gasteiger partial charge in [0, 0.05) is 25.2 Å². The lowest BCUT2D eigenvalue weighted by atomic mass is 9.89. The standard InChI is InChI=1S/C13H20N2O4/c16-9-2-1-5-14(7-9)13(19)15-8-3-4-11(15)10(6-8)12(17)18/h8-11,16H,1-7H2,(H,17,18). The van der Waals surface area contributed by atoms with Gasteiger partial charge in [-0.05, 0) is 32.1 Å². The van der Waals surface area contributed by atoms with Crippen LogP contribution < -0.4 is 0 Å². The van der Waals surface area contributed by atoms with Crippen molar-refractivity contribution in [2.45, 2.75) is 50.3 Å². The zero-order valence-corrected chi connectivity index (χ0v) is 10.9. The van der Waals surface area contributed by atoms with Crippen LogP contribution in [0, 0.1) is 5.92 Å². The first-order valence-electron chi connectivity index (χ1n) is 7.06. The van der Waals surface area contributed by atoms with Crippen molar-refractivity contribution in [3.05, 3.63) is 0 Å². The second kappa shape index (κ2) is 4.67. The summed E-state index contributed by atoms with van der Waals surface area (Å²) in [6.45, 7) is 1.05. The minimum atomic E-state index is -0.788. The SMILES string of the molecule is O=C(O)C1CC2CCC1N2C(=O)N1CCCC(O)C1. The van der Waals surface area contributed by atoms with Gasteiger partial charge in [-0.25, -0.2) is 4.79 Å². The second-order valence-corrected chi connectivity index (χ2v) is 5.91. The number of rotatable bonds is 1. The van der Waals surface area contributed by atoms with Gasteiger partial charge in [-0.3, -0.25) is 4.79 Å². The molecule has 2 amide bonds. The number of amides is 2. The Morgan fingerprint density at radius 2 is 1.95 bits per heavy atom. The van der Waals surface area contributed by atoms with Crippen LogP contribution in [-0.4, -0.2) is 63.3 Å². The third-order valence-electron chi connectivity index (χ3n) is 4.74. The molecular formula is C13H20N2O4. The van der Waals surface area contributed by atoms with E-state index < -0.39 is 18.0 Å². The Labute approximate surface area is 112 Å². The molecule has 6 nitrogen and oxygen atoms in total. The van der Waals surface area contributed by atoms with E-state index in [1.54, 1.807) is 9.80 Å². The molecule has 2 N–H and O–H groups in total. The molecule has 0 radical (unpaired) electrons. The highest BCUT2D eigenvalue weighted by molar-refractivity contribution is 5.79. The van der Waals surface area contributed by atoms with Gasteiger partial charge in [0.25, 0.3) is 0 Å². The average molecular weight is 268 g/mol. The summed E-state index contributed by atoms with van der Waals surface area (Å²) in [5, 5.41) is 18.8. The lowest BCUT2D eigenvalue weighted by Crippen LogP contribution is -2.51. The first-order chi connectivity index (χ1) is 9.08. The zero-order valence-electron chi connectivity index (χ0n) is 10.9. The van der Waals surface area contributed by atoms with E-state index in [1.807, 2.05) is 0 Å². The number of aliphatic carboxylic acids is 1. The molecule has 0 spiro atoms. The van der Waals surface area contributed by atoms with E-state index in [0.717, 1.165) is 25.7 Å². The summed E-state index contributed by atoms with van der Waals surface area (Å²) < 4.78 is 0. The van der Waals surface area contributed by atoms with Crippen molar-refractivity contribution in [3.63, 3.8) is 0 Å². The van der Waals surface area contributed by atoms with Crippen molar-refractivity contribution in [3.8, 4) is 0 Å². The predicted octanol–water partition coefficient (Wildman–Crippen LogP) is 0.501. The predicted molar refractivity (Wildman–Crippen MR) is 66.6 cm³/mol. The number of aliphatic hydroxyl groups excluding tert-OH is 1. The molecule has 6 heteroatoms. The maximum Gasteiger partial charge on any atom is 0.320 e. The quantitative estimate of drug-likeness (QED) is 0.725. The van der Waals surface area contributed by atoms with Crippen LogP contribution >= 0.6 is 0 Å². The number of β-amino-alcohol motifs (C(OH)–C–C–N with tert-alkyl or cyclic N) is 1. The minimum Gasteiger partial charge on any atom is -0.481 e. The summed E-state index contributed by atoms with van der Waals surface area (Å²) in [6, 6.07) is -0.137. The molecule has 4 unspecified atom stereocenters. The highest BCUT2D eigenvalue weighted by Crippen LogP contribution is 2.42. The monoisotopic (exact) mass is 268 g/mol. The lowest BCUT2D eigenvalue weighted by molar-refractivity contribution is -0.142. The number of aliphatic hydroxyl groups is 1. The second-order valence-electron chi connectivity index (χ2n) is 5.91. The highest BCUT2D eigenvalue weighted by Gasteiger charge is 2.52. The summed E-state index contributed by atoms with van der Waals surface area (Å²) >= 11 is 0. The number of nitrogens with zero attached hydrogens (tertiary/aromatic N) is 2. The lowest BCUT2D eigenvalue weighted by Gasteiger charge is -2.35. The number of hydrogen-bond acceptors (Lipinski definition) is 3. The number of hydrogen-bond donors (Lipinski definition) is 2. The number of carbonyl (C=O) groups is 2. The average Bonchev–Trinajstić information content (AvgIpc) is 2.95. The number of piperidine rings is 1. The van der Waals surface area contributed by atoms with E-state index in [2.05, 4.69) is 0 Å². The van der Waals surface area contributed by atoms with Gasteiger partial charge in [-0.15, -0.1) is 0 Å². The number of likely N-dealkylation sites (tertiary alicyclic amines) is 1. The van der Waals surface area contributed by atoms with Crippen LogP contribution in [0.25, 0.3) is 0 Å². The Bertz CT molecular complexity index is 400. The smallest absolute Gasteiger partial charge is 0.320 e. The zero-order chi connectivity index (χ0) is 13.6. The number of fused-ring (bicyclic) bond motifs is 2. The Balaban J connectivity index is 1.72. The third kappa shape index (κ3) is 2.08. The van der Waals surface area contributed by atoms with Crippen molar-refractivity contribution in [1.82, 2.24) is 9.80 Å². The van der Waals surface area contributed by atoms with E-state index in [4.69, 9.17) is 0 Å². The summed E-state index contributed by atoms with van der Waals surface area (Å²) in [6.07, 6.45) is 3.42. The Hall–Kier alpha value is -1.30. The molecule has 3 fully saturated rings. The molecule has 0 aromatic carbocycles. The van der Waals surface area contributed by atoms with Gasteiger partial charge in [-0.1, -0.05) is 0 Å². The topological polar surface area (TPSA) is 81.1 Å². The van der Waals surface area contributed by atoms with Gasteiger partial charge in [0.2, 0.25) is 0 Å². The molecule has 19 heavy (non-hydrogen) atoms. The maximum atomic E-state index is 12.5. The van der Waals surface area contributed by atoms with Gasteiger partial charge in [0.1, 0.15) is 0 Å². The van der Waals surface area contributed by atoms with Crippen LogP contribution in [0.1, 0.15) is 32.1 Å². The van der Waals surface area contributed by atoms with E-state index in [0.29, 0.717) is 19.5 Å². The van der Waals surface area contributed by atoms with E-state index in [1.165, 1.54) is 0 Å². The summed E-state index contributed by atoms with van der Waals surface area (Å²) in [5.41, 5.74) is 0. The fourth-order valence-electron chi connectivity index (χ4n) is 3.84. The van der Waals surface area contributed by atoms with Gasteiger partial charge in [-0.2, -0.15) is 0 Å². The molecule has 3 aliphatic rings. The summed E-state index contributed by atoms with van der Waals surface area (Å²) in [7, 11) is 0. The van der Waals surface area contributed by atoms with Crippen LogP contribution in [0.2, 0.25) is 0 Å². The van der Waals surface area contributed by atoms with Crippen molar-refractivity contribution in [1.29, 1.82) is 0 Å². The fourth-order valence-corrected chi connectivity index (χ4v) is 3.84. The van der Waals surface area contributed by atoms with Crippen molar-refractivity contribution in [2.24, 2.45) is 5.92 Å². The van der Waals surface area contributed by atoms with Gasteiger partial charge < -0.3 is 20.0 Å². The molecule has 3 heterocycles. The molecule has 3 saturated heterocycles. The van der Waals surface area contributed by atoms with Crippen LogP contribution in [0.5, 0.6) is 0 Å². The maximum absolute atomic E-state index is 12.5. The molecule has 0 aliphatic carbocycles.